The van der Waals surface area contributed by atoms with Gasteiger partial charge in [0.1, 0.15) is 0 Å². The molecule has 164 valence electrons. The van der Waals surface area contributed by atoms with E-state index < -0.39 is 0 Å². The molecule has 5 heteroatoms. The molecular formula is C26H32N2O2S. The molecule has 0 radical (unpaired) electrons. The van der Waals surface area contributed by atoms with Crippen molar-refractivity contribution >= 4 is 23.7 Å². The Morgan fingerprint density at radius 3 is 2.58 bits per heavy atom. The second-order valence-electron chi connectivity index (χ2n) is 8.49. The zero-order valence-corrected chi connectivity index (χ0v) is 19.2. The SMILES string of the molecule is CO[C@@H]1[C@@H](NC(=O)CSC)c2ccccc2C12CCN(C/C=C/c1ccccc1)CC2. The second-order valence-corrected chi connectivity index (χ2v) is 9.36. The lowest BCUT2D eigenvalue weighted by Crippen LogP contribution is -2.50. The van der Waals surface area contributed by atoms with Crippen LogP contribution in [-0.4, -0.2) is 55.7 Å². The van der Waals surface area contributed by atoms with Gasteiger partial charge in [0.15, 0.2) is 0 Å². The maximum atomic E-state index is 12.4. The Bertz CT molecular complexity index is 907. The third-order valence-electron chi connectivity index (χ3n) is 6.75. The first kappa shape index (κ1) is 22.1. The number of nitrogens with one attached hydrogen (secondary N) is 1. The number of methoxy groups -OCH3 is 1. The number of amides is 1. The summed E-state index contributed by atoms with van der Waals surface area (Å²) in [6, 6.07) is 19.0. The van der Waals surface area contributed by atoms with Crippen LogP contribution >= 0.6 is 11.8 Å². The number of rotatable bonds is 7. The molecule has 31 heavy (non-hydrogen) atoms. The molecule has 2 aromatic rings. The lowest BCUT2D eigenvalue weighted by Gasteiger charge is -2.44. The fourth-order valence-corrected chi connectivity index (χ4v) is 5.65. The quantitative estimate of drug-likeness (QED) is 0.703. The zero-order chi connectivity index (χ0) is 21.7. The molecule has 1 spiro atoms. The van der Waals surface area contributed by atoms with Crippen LogP contribution in [0.3, 0.4) is 0 Å². The van der Waals surface area contributed by atoms with Crippen molar-refractivity contribution in [1.82, 2.24) is 10.2 Å². The van der Waals surface area contributed by atoms with Crippen LogP contribution in [0.4, 0.5) is 0 Å². The predicted molar refractivity (Wildman–Crippen MR) is 129 cm³/mol. The minimum absolute atomic E-state index is 0.0299. The van der Waals surface area contributed by atoms with Gasteiger partial charge in [-0.1, -0.05) is 66.7 Å². The summed E-state index contributed by atoms with van der Waals surface area (Å²) in [4.78, 5) is 14.9. The van der Waals surface area contributed by atoms with Gasteiger partial charge in [0.05, 0.1) is 17.9 Å². The molecule has 2 atom stereocenters. The summed E-state index contributed by atoms with van der Waals surface area (Å²) in [6.45, 7) is 3.01. The third-order valence-corrected chi connectivity index (χ3v) is 7.30. The van der Waals surface area contributed by atoms with E-state index in [9.17, 15) is 4.79 Å². The van der Waals surface area contributed by atoms with Crippen molar-refractivity contribution in [2.24, 2.45) is 0 Å². The Balaban J connectivity index is 1.48. The van der Waals surface area contributed by atoms with Gasteiger partial charge < -0.3 is 10.1 Å². The number of hydrogen-bond acceptors (Lipinski definition) is 4. The van der Waals surface area contributed by atoms with Gasteiger partial charge in [-0.15, -0.1) is 0 Å². The molecule has 1 amide bonds. The molecule has 4 nitrogen and oxygen atoms in total. The molecule has 2 aromatic carbocycles. The summed E-state index contributed by atoms with van der Waals surface area (Å²) in [5.41, 5.74) is 3.78. The van der Waals surface area contributed by atoms with E-state index in [1.54, 1.807) is 18.9 Å². The van der Waals surface area contributed by atoms with Crippen LogP contribution in [0.25, 0.3) is 6.08 Å². The first-order valence-corrected chi connectivity index (χ1v) is 12.4. The van der Waals surface area contributed by atoms with Crippen molar-refractivity contribution in [2.45, 2.75) is 30.4 Å². The Labute approximate surface area is 190 Å². The highest BCUT2D eigenvalue weighted by molar-refractivity contribution is 7.99. The standard InChI is InChI=1S/C26H32N2O2S/c1-30-25-24(27-23(29)19-31-2)21-12-6-7-13-22(21)26(25)14-17-28(18-15-26)16-8-11-20-9-4-3-5-10-20/h3-13,24-25H,14-19H2,1-2H3,(H,27,29)/b11-8+/t24-,25+/m0/s1. The van der Waals surface area contributed by atoms with Crippen LogP contribution in [0.2, 0.25) is 0 Å². The van der Waals surface area contributed by atoms with Gasteiger partial charge in [0.2, 0.25) is 5.91 Å². The zero-order valence-electron chi connectivity index (χ0n) is 18.4. The fourth-order valence-electron chi connectivity index (χ4n) is 5.31. The molecule has 1 saturated heterocycles. The summed E-state index contributed by atoms with van der Waals surface area (Å²) >= 11 is 1.55. The van der Waals surface area contributed by atoms with E-state index >= 15 is 0 Å². The van der Waals surface area contributed by atoms with Crippen molar-refractivity contribution in [1.29, 1.82) is 0 Å². The fraction of sp³-hybridized carbons (Fsp3) is 0.423. The second kappa shape index (κ2) is 10.0. The van der Waals surface area contributed by atoms with Gasteiger partial charge in [-0.3, -0.25) is 9.69 Å². The number of hydrogen-bond donors (Lipinski definition) is 1. The van der Waals surface area contributed by atoms with Crippen molar-refractivity contribution in [2.75, 3.05) is 38.8 Å². The summed E-state index contributed by atoms with van der Waals surface area (Å²) in [5, 5.41) is 3.26. The topological polar surface area (TPSA) is 41.6 Å². The minimum atomic E-state index is -0.0784. The Morgan fingerprint density at radius 1 is 1.16 bits per heavy atom. The van der Waals surface area contributed by atoms with E-state index in [0.29, 0.717) is 5.75 Å². The van der Waals surface area contributed by atoms with Crippen LogP contribution in [0.5, 0.6) is 0 Å². The van der Waals surface area contributed by atoms with Crippen LogP contribution in [-0.2, 0) is 14.9 Å². The first-order chi connectivity index (χ1) is 15.2. The van der Waals surface area contributed by atoms with Gasteiger partial charge in [-0.25, -0.2) is 0 Å². The molecule has 0 aromatic heterocycles. The number of carbonyl (C=O) groups is 1. The molecule has 0 unspecified atom stereocenters. The number of nitrogens with zero attached hydrogens (tertiary/aromatic N) is 1. The Kier molecular flexibility index (Phi) is 7.16. The van der Waals surface area contributed by atoms with Crippen LogP contribution in [0.15, 0.2) is 60.7 Å². The number of ether oxygens (including phenoxy) is 1. The Hall–Kier alpha value is -2.08. The molecule has 1 N–H and O–H groups in total. The normalized spacial score (nSPS) is 22.6. The highest BCUT2D eigenvalue weighted by atomic mass is 32.2. The van der Waals surface area contributed by atoms with Gasteiger partial charge in [0.25, 0.3) is 0 Å². The number of fused-ring (bicyclic) bond motifs is 2. The number of benzene rings is 2. The molecule has 0 bridgehead atoms. The Morgan fingerprint density at radius 2 is 1.87 bits per heavy atom. The van der Waals surface area contributed by atoms with Crippen LogP contribution < -0.4 is 5.32 Å². The first-order valence-electron chi connectivity index (χ1n) is 11.0. The van der Waals surface area contributed by atoms with Gasteiger partial charge in [-0.05, 0) is 48.9 Å². The van der Waals surface area contributed by atoms with E-state index in [-0.39, 0.29) is 23.5 Å². The largest absolute Gasteiger partial charge is 0.378 e. The van der Waals surface area contributed by atoms with Crippen LogP contribution in [0, 0.1) is 0 Å². The predicted octanol–water partition coefficient (Wildman–Crippen LogP) is 4.28. The van der Waals surface area contributed by atoms with E-state index in [1.165, 1.54) is 16.7 Å². The molecule has 1 fully saturated rings. The summed E-state index contributed by atoms with van der Waals surface area (Å²) in [5.74, 6) is 0.554. The summed E-state index contributed by atoms with van der Waals surface area (Å²) in [6.07, 6.45) is 8.46. The van der Waals surface area contributed by atoms with Crippen molar-refractivity contribution < 1.29 is 9.53 Å². The summed E-state index contributed by atoms with van der Waals surface area (Å²) < 4.78 is 6.10. The van der Waals surface area contributed by atoms with E-state index in [4.69, 9.17) is 4.74 Å². The van der Waals surface area contributed by atoms with Crippen molar-refractivity contribution in [3.63, 3.8) is 0 Å². The van der Waals surface area contributed by atoms with Crippen molar-refractivity contribution in [3.8, 4) is 0 Å². The molecule has 1 aliphatic carbocycles. The third kappa shape index (κ3) is 4.59. The number of carbonyl (C=O) groups excluding carboxylic acids is 1. The van der Waals surface area contributed by atoms with Crippen LogP contribution in [0.1, 0.15) is 35.6 Å². The van der Waals surface area contributed by atoms with E-state index in [1.807, 2.05) is 12.3 Å². The molecule has 4 rings (SSSR count). The number of piperidine rings is 1. The average Bonchev–Trinajstić information content (AvgIpc) is 3.05. The smallest absolute Gasteiger partial charge is 0.230 e. The molecular weight excluding hydrogens is 404 g/mol. The maximum Gasteiger partial charge on any atom is 0.230 e. The maximum absolute atomic E-state index is 12.4. The van der Waals surface area contributed by atoms with Crippen molar-refractivity contribution in [3.05, 3.63) is 77.4 Å². The lowest BCUT2D eigenvalue weighted by molar-refractivity contribution is -0.120. The van der Waals surface area contributed by atoms with Gasteiger partial charge in [-0.2, -0.15) is 11.8 Å². The van der Waals surface area contributed by atoms with E-state index in [2.05, 4.69) is 70.9 Å². The van der Waals surface area contributed by atoms with Gasteiger partial charge >= 0.3 is 0 Å². The number of thioether (sulfide) groups is 1. The molecule has 1 aliphatic heterocycles. The number of likely N-dealkylation sites (tertiary alicyclic amines) is 1. The molecule has 1 heterocycles. The monoisotopic (exact) mass is 436 g/mol. The minimum Gasteiger partial charge on any atom is -0.378 e. The average molecular weight is 437 g/mol. The highest BCUT2D eigenvalue weighted by Crippen LogP contribution is 2.52. The highest BCUT2D eigenvalue weighted by Gasteiger charge is 2.53. The lowest BCUT2D eigenvalue weighted by atomic mass is 9.72. The van der Waals surface area contributed by atoms with Gasteiger partial charge in [0, 0.05) is 19.1 Å². The van der Waals surface area contributed by atoms with E-state index in [0.717, 1.165) is 32.5 Å². The molecule has 0 saturated carbocycles. The summed E-state index contributed by atoms with van der Waals surface area (Å²) in [7, 11) is 1.79. The molecule has 2 aliphatic rings.